The number of rotatable bonds is 3. The van der Waals surface area contributed by atoms with Crippen molar-refractivity contribution in [3.63, 3.8) is 0 Å². The molecular weight excluding hydrogens is 340 g/mol. The number of furan rings is 1. The predicted molar refractivity (Wildman–Crippen MR) is 101 cm³/mol. The molecule has 3 heterocycles. The van der Waals surface area contributed by atoms with E-state index in [0.29, 0.717) is 5.57 Å². The molecule has 4 rings (SSSR count). The number of nitriles is 1. The van der Waals surface area contributed by atoms with E-state index in [-0.39, 0.29) is 30.0 Å². The number of benzene rings is 1. The Morgan fingerprint density at radius 3 is 2.67 bits per heavy atom. The number of allylic oxidation sites excluding steroid dienone is 2. The van der Waals surface area contributed by atoms with Gasteiger partial charge in [0.15, 0.2) is 6.23 Å². The summed E-state index contributed by atoms with van der Waals surface area (Å²) in [5, 5.41) is 9.76. The summed E-state index contributed by atoms with van der Waals surface area (Å²) in [6, 6.07) is 14.4. The first-order chi connectivity index (χ1) is 13.1. The van der Waals surface area contributed by atoms with Gasteiger partial charge in [-0.05, 0) is 37.6 Å². The van der Waals surface area contributed by atoms with Crippen LogP contribution in [0.2, 0.25) is 0 Å². The molecule has 1 saturated heterocycles. The largest absolute Gasteiger partial charge is 0.465 e. The highest BCUT2D eigenvalue weighted by atomic mass is 16.5. The molecule has 0 radical (unpaired) electrons. The van der Waals surface area contributed by atoms with Gasteiger partial charge in [0.2, 0.25) is 5.88 Å². The van der Waals surface area contributed by atoms with Crippen molar-refractivity contribution in [1.29, 1.82) is 5.26 Å². The topological polar surface area (TPSA) is 96.2 Å². The van der Waals surface area contributed by atoms with Crippen molar-refractivity contribution in [3.05, 3.63) is 76.6 Å². The van der Waals surface area contributed by atoms with Gasteiger partial charge in [-0.3, -0.25) is 0 Å². The van der Waals surface area contributed by atoms with Crippen LogP contribution in [0.5, 0.6) is 0 Å². The first kappa shape index (κ1) is 17.4. The smallest absolute Gasteiger partial charge is 0.200 e. The first-order valence-electron chi connectivity index (χ1n) is 8.94. The molecule has 1 fully saturated rings. The molecule has 1 aromatic heterocycles. The maximum Gasteiger partial charge on any atom is 0.200 e. The average molecular weight is 362 g/mol. The number of ether oxygens (including phenoxy) is 1. The van der Waals surface area contributed by atoms with Gasteiger partial charge in [0.05, 0.1) is 17.9 Å². The van der Waals surface area contributed by atoms with E-state index in [1.807, 2.05) is 25.1 Å². The molecule has 0 aliphatic carbocycles. The predicted octanol–water partition coefficient (Wildman–Crippen LogP) is 3.12. The standard InChI is InChI=1S/C21H22N4O2/c1-12-5-7-14(8-6-12)19-18-17(13(2)10-15-4-3-9-26-15)16(11-22)20(23)27-21(18)25-24-19/h3-10,17-19,21,24-25H,23H2,1-2H3/b13-10+. The van der Waals surface area contributed by atoms with Gasteiger partial charge >= 0.3 is 0 Å². The van der Waals surface area contributed by atoms with Crippen molar-refractivity contribution in [2.45, 2.75) is 26.1 Å². The Kier molecular flexibility index (Phi) is 4.48. The van der Waals surface area contributed by atoms with Gasteiger partial charge in [0.25, 0.3) is 0 Å². The first-order valence-corrected chi connectivity index (χ1v) is 8.94. The molecule has 0 saturated carbocycles. The van der Waals surface area contributed by atoms with Gasteiger partial charge in [-0.2, -0.15) is 5.26 Å². The number of hydrogen-bond acceptors (Lipinski definition) is 6. The maximum absolute atomic E-state index is 9.76. The minimum atomic E-state index is -0.321. The summed E-state index contributed by atoms with van der Waals surface area (Å²) in [5.74, 6) is 0.709. The lowest BCUT2D eigenvalue weighted by Gasteiger charge is -2.36. The summed E-state index contributed by atoms with van der Waals surface area (Å²) in [4.78, 5) is 0. The van der Waals surface area contributed by atoms with Crippen LogP contribution in [0.15, 0.2) is 64.1 Å². The number of nitrogens with zero attached hydrogens (tertiary/aromatic N) is 1. The zero-order valence-electron chi connectivity index (χ0n) is 15.3. The lowest BCUT2D eigenvalue weighted by Crippen LogP contribution is -2.42. The number of aryl methyl sites for hydroxylation is 1. The van der Waals surface area contributed by atoms with E-state index in [2.05, 4.69) is 48.1 Å². The second kappa shape index (κ2) is 6.95. The Balaban J connectivity index is 1.77. The second-order valence-corrected chi connectivity index (χ2v) is 7.06. The van der Waals surface area contributed by atoms with Crippen molar-refractivity contribution in [2.75, 3.05) is 0 Å². The lowest BCUT2D eigenvalue weighted by molar-refractivity contribution is 0.0269. The van der Waals surface area contributed by atoms with Gasteiger partial charge in [-0.15, -0.1) is 0 Å². The fraction of sp³-hybridized carbons (Fsp3) is 0.286. The molecule has 2 aliphatic heterocycles. The SMILES string of the molecule is C/C(=C\c1ccco1)C1C(C#N)=C(N)OC2NNC(c3ccc(C)cc3)C21. The van der Waals surface area contributed by atoms with Crippen LogP contribution in [0.25, 0.3) is 6.08 Å². The Morgan fingerprint density at radius 1 is 1.22 bits per heavy atom. The van der Waals surface area contributed by atoms with Gasteiger partial charge < -0.3 is 14.9 Å². The number of hydrazine groups is 1. The van der Waals surface area contributed by atoms with Crippen molar-refractivity contribution < 1.29 is 9.15 Å². The molecule has 6 heteroatoms. The number of nitrogens with two attached hydrogens (primary N) is 1. The highest BCUT2D eigenvalue weighted by molar-refractivity contribution is 5.52. The van der Waals surface area contributed by atoms with Crippen LogP contribution < -0.4 is 16.6 Å². The van der Waals surface area contributed by atoms with Gasteiger partial charge in [0.1, 0.15) is 11.8 Å². The van der Waals surface area contributed by atoms with E-state index in [4.69, 9.17) is 14.9 Å². The molecule has 4 atom stereocenters. The Bertz CT molecular complexity index is 922. The minimum Gasteiger partial charge on any atom is -0.465 e. The Labute approximate surface area is 158 Å². The lowest BCUT2D eigenvalue weighted by atomic mass is 9.74. The number of hydrogen-bond donors (Lipinski definition) is 3. The quantitative estimate of drug-likeness (QED) is 0.776. The minimum absolute atomic E-state index is 0.0167. The van der Waals surface area contributed by atoms with Crippen LogP contribution in [-0.4, -0.2) is 6.23 Å². The monoisotopic (exact) mass is 362 g/mol. The fourth-order valence-corrected chi connectivity index (χ4v) is 3.98. The molecule has 0 amide bonds. The van der Waals surface area contributed by atoms with Crippen molar-refractivity contribution in [2.24, 2.45) is 17.6 Å². The van der Waals surface area contributed by atoms with E-state index < -0.39 is 0 Å². The summed E-state index contributed by atoms with van der Waals surface area (Å²) in [6.45, 7) is 4.07. The summed E-state index contributed by atoms with van der Waals surface area (Å²) < 4.78 is 11.3. The molecule has 2 aromatic rings. The van der Waals surface area contributed by atoms with Crippen LogP contribution in [0.4, 0.5) is 0 Å². The zero-order valence-corrected chi connectivity index (χ0v) is 15.3. The molecule has 6 nitrogen and oxygen atoms in total. The highest BCUT2D eigenvalue weighted by Crippen LogP contribution is 2.45. The van der Waals surface area contributed by atoms with Gasteiger partial charge in [-0.25, -0.2) is 10.9 Å². The van der Waals surface area contributed by atoms with E-state index in [1.54, 1.807) is 6.26 Å². The van der Waals surface area contributed by atoms with Gasteiger partial charge in [-0.1, -0.05) is 35.4 Å². The van der Waals surface area contributed by atoms with Crippen molar-refractivity contribution in [1.82, 2.24) is 10.9 Å². The van der Waals surface area contributed by atoms with Crippen LogP contribution in [-0.2, 0) is 4.74 Å². The third-order valence-corrected chi connectivity index (χ3v) is 5.29. The van der Waals surface area contributed by atoms with Crippen molar-refractivity contribution in [3.8, 4) is 6.07 Å². The Hall–Kier alpha value is -3.01. The zero-order chi connectivity index (χ0) is 19.0. The Morgan fingerprint density at radius 2 is 2.00 bits per heavy atom. The van der Waals surface area contributed by atoms with Crippen LogP contribution >= 0.6 is 0 Å². The maximum atomic E-state index is 9.76. The summed E-state index contributed by atoms with van der Waals surface area (Å²) in [6.07, 6.45) is 3.27. The second-order valence-electron chi connectivity index (χ2n) is 7.06. The van der Waals surface area contributed by atoms with Crippen LogP contribution in [0.3, 0.4) is 0 Å². The molecule has 1 aromatic carbocycles. The molecule has 27 heavy (non-hydrogen) atoms. The molecule has 0 spiro atoms. The van der Waals surface area contributed by atoms with E-state index in [0.717, 1.165) is 16.9 Å². The summed E-state index contributed by atoms with van der Waals surface area (Å²) in [5.41, 5.74) is 16.4. The summed E-state index contributed by atoms with van der Waals surface area (Å²) >= 11 is 0. The van der Waals surface area contributed by atoms with Crippen molar-refractivity contribution >= 4 is 6.08 Å². The van der Waals surface area contributed by atoms with Crippen LogP contribution in [0, 0.1) is 30.1 Å². The normalized spacial score (nSPS) is 27.8. The third kappa shape index (κ3) is 3.12. The molecule has 2 aliphatic rings. The highest BCUT2D eigenvalue weighted by Gasteiger charge is 2.49. The van der Waals surface area contributed by atoms with E-state index in [9.17, 15) is 5.26 Å². The summed E-state index contributed by atoms with van der Waals surface area (Å²) in [7, 11) is 0. The average Bonchev–Trinajstić information content (AvgIpc) is 3.31. The number of nitrogens with one attached hydrogen (secondary N) is 2. The van der Waals surface area contributed by atoms with E-state index in [1.165, 1.54) is 5.56 Å². The molecule has 4 N–H and O–H groups in total. The van der Waals surface area contributed by atoms with E-state index >= 15 is 0 Å². The third-order valence-electron chi connectivity index (χ3n) is 5.29. The molecule has 138 valence electrons. The van der Waals surface area contributed by atoms with Crippen LogP contribution in [0.1, 0.15) is 29.9 Å². The molecule has 0 bridgehead atoms. The van der Waals surface area contributed by atoms with Gasteiger partial charge in [0, 0.05) is 11.8 Å². The molecular formula is C21H22N4O2. The number of fused-ring (bicyclic) bond motifs is 1. The molecule has 4 unspecified atom stereocenters. The fourth-order valence-electron chi connectivity index (χ4n) is 3.98.